The van der Waals surface area contributed by atoms with Gasteiger partial charge in [-0.1, -0.05) is 12.1 Å². The molecule has 1 amide bonds. The van der Waals surface area contributed by atoms with Crippen molar-refractivity contribution in [3.63, 3.8) is 0 Å². The topological polar surface area (TPSA) is 88.6 Å². The smallest absolute Gasteiger partial charge is 0.422 e. The van der Waals surface area contributed by atoms with Gasteiger partial charge >= 0.3 is 6.18 Å². The van der Waals surface area contributed by atoms with Crippen LogP contribution in [0.2, 0.25) is 0 Å². The van der Waals surface area contributed by atoms with Gasteiger partial charge in [0.15, 0.2) is 6.61 Å². The number of sulfonamides is 1. The molecule has 7 nitrogen and oxygen atoms in total. The van der Waals surface area contributed by atoms with Crippen molar-refractivity contribution in [3.05, 3.63) is 53.7 Å². The Labute approximate surface area is 160 Å². The van der Waals surface area contributed by atoms with Crippen molar-refractivity contribution < 1.29 is 31.1 Å². The third-order valence-electron chi connectivity index (χ3n) is 3.54. The molecule has 0 saturated heterocycles. The molecule has 0 aliphatic heterocycles. The van der Waals surface area contributed by atoms with Crippen molar-refractivity contribution in [2.75, 3.05) is 20.7 Å². The quantitative estimate of drug-likeness (QED) is 0.746. The first-order valence-electron chi connectivity index (χ1n) is 7.95. The van der Waals surface area contributed by atoms with Crippen LogP contribution >= 0.6 is 0 Å². The molecule has 152 valence electrons. The normalized spacial score (nSPS) is 12.1. The lowest BCUT2D eigenvalue weighted by atomic mass is 10.2. The SMILES string of the molecule is CN(C)S(=O)(=O)c1cccc(C(=O)NCc2cccnc2OCC(F)(F)F)c1. The summed E-state index contributed by atoms with van der Waals surface area (Å²) in [5.41, 5.74) is 0.335. The summed E-state index contributed by atoms with van der Waals surface area (Å²) in [6.07, 6.45) is -3.25. The molecule has 2 rings (SSSR count). The summed E-state index contributed by atoms with van der Waals surface area (Å²) in [6, 6.07) is 8.38. The zero-order valence-corrected chi connectivity index (χ0v) is 15.8. The second kappa shape index (κ2) is 8.57. The number of pyridine rings is 1. The van der Waals surface area contributed by atoms with Gasteiger partial charge in [-0.3, -0.25) is 4.79 Å². The number of halogens is 3. The summed E-state index contributed by atoms with van der Waals surface area (Å²) in [6.45, 7) is -1.65. The minimum Gasteiger partial charge on any atom is -0.468 e. The summed E-state index contributed by atoms with van der Waals surface area (Å²) < 4.78 is 67.0. The highest BCUT2D eigenvalue weighted by Crippen LogP contribution is 2.20. The average molecular weight is 417 g/mol. The molecule has 0 unspecified atom stereocenters. The number of nitrogens with zero attached hydrogens (tertiary/aromatic N) is 2. The molecule has 1 aromatic carbocycles. The lowest BCUT2D eigenvalue weighted by Gasteiger charge is -2.13. The van der Waals surface area contributed by atoms with Gasteiger partial charge in [-0.25, -0.2) is 17.7 Å². The molecule has 0 fully saturated rings. The van der Waals surface area contributed by atoms with Gasteiger partial charge in [-0.15, -0.1) is 0 Å². The van der Waals surface area contributed by atoms with E-state index in [4.69, 9.17) is 0 Å². The van der Waals surface area contributed by atoms with Crippen molar-refractivity contribution in [1.82, 2.24) is 14.6 Å². The fourth-order valence-electron chi connectivity index (χ4n) is 2.12. The number of carbonyl (C=O) groups excluding carboxylic acids is 1. The van der Waals surface area contributed by atoms with Crippen molar-refractivity contribution in [2.45, 2.75) is 17.6 Å². The Balaban J connectivity index is 2.12. The highest BCUT2D eigenvalue weighted by molar-refractivity contribution is 7.89. The Morgan fingerprint density at radius 1 is 1.21 bits per heavy atom. The number of carbonyl (C=O) groups is 1. The number of ether oxygens (including phenoxy) is 1. The van der Waals surface area contributed by atoms with E-state index in [1.807, 2.05) is 0 Å². The number of hydrogen-bond acceptors (Lipinski definition) is 5. The van der Waals surface area contributed by atoms with Crippen LogP contribution in [0.4, 0.5) is 13.2 Å². The Morgan fingerprint density at radius 2 is 1.93 bits per heavy atom. The zero-order valence-electron chi connectivity index (χ0n) is 15.0. The second-order valence-corrected chi connectivity index (χ2v) is 8.02. The minimum atomic E-state index is -4.52. The summed E-state index contributed by atoms with van der Waals surface area (Å²) in [7, 11) is -0.975. The number of hydrogen-bond donors (Lipinski definition) is 1. The van der Waals surface area contributed by atoms with Gasteiger partial charge in [0.25, 0.3) is 5.91 Å². The Hall–Kier alpha value is -2.66. The largest absolute Gasteiger partial charge is 0.468 e. The second-order valence-electron chi connectivity index (χ2n) is 5.87. The number of amides is 1. The van der Waals surface area contributed by atoms with E-state index in [2.05, 4.69) is 15.0 Å². The molecule has 1 N–H and O–H groups in total. The zero-order chi connectivity index (χ0) is 20.9. The van der Waals surface area contributed by atoms with Crippen LogP contribution in [0.3, 0.4) is 0 Å². The first-order chi connectivity index (χ1) is 13.0. The monoisotopic (exact) mass is 417 g/mol. The van der Waals surface area contributed by atoms with Gasteiger partial charge in [0.1, 0.15) is 0 Å². The molecular weight excluding hydrogens is 399 g/mol. The lowest BCUT2D eigenvalue weighted by Crippen LogP contribution is -2.25. The van der Waals surface area contributed by atoms with Crippen LogP contribution in [0.25, 0.3) is 0 Å². The Bertz CT molecular complexity index is 947. The van der Waals surface area contributed by atoms with Gasteiger partial charge in [0.2, 0.25) is 15.9 Å². The maximum absolute atomic E-state index is 12.3. The van der Waals surface area contributed by atoms with E-state index in [-0.39, 0.29) is 28.4 Å². The van der Waals surface area contributed by atoms with Crippen LogP contribution in [0.5, 0.6) is 5.88 Å². The molecule has 0 aliphatic carbocycles. The third-order valence-corrected chi connectivity index (χ3v) is 5.35. The molecule has 1 heterocycles. The van der Waals surface area contributed by atoms with E-state index in [1.165, 1.54) is 56.7 Å². The van der Waals surface area contributed by atoms with Gasteiger partial charge in [0, 0.05) is 38.0 Å². The minimum absolute atomic E-state index is 0.0549. The standard InChI is InChI=1S/C17H18F3N3O4S/c1-23(2)28(25,26)14-7-3-5-12(9-14)15(24)22-10-13-6-4-8-21-16(13)27-11-17(18,19)20/h3-9H,10-11H2,1-2H3,(H,22,24). The molecule has 11 heteroatoms. The maximum atomic E-state index is 12.3. The van der Waals surface area contributed by atoms with Crippen molar-refractivity contribution in [2.24, 2.45) is 0 Å². The molecule has 0 atom stereocenters. The highest BCUT2D eigenvalue weighted by Gasteiger charge is 2.29. The summed E-state index contributed by atoms with van der Waals surface area (Å²) in [4.78, 5) is 16.0. The fourth-order valence-corrected chi connectivity index (χ4v) is 3.07. The van der Waals surface area contributed by atoms with Crippen molar-refractivity contribution >= 4 is 15.9 Å². The average Bonchev–Trinajstić information content (AvgIpc) is 2.64. The van der Waals surface area contributed by atoms with E-state index < -0.39 is 28.7 Å². The number of nitrogens with one attached hydrogen (secondary N) is 1. The number of aromatic nitrogens is 1. The third kappa shape index (κ3) is 5.67. The van der Waals surface area contributed by atoms with E-state index in [0.717, 1.165) is 4.31 Å². The molecule has 2 aromatic rings. The van der Waals surface area contributed by atoms with Crippen molar-refractivity contribution in [3.8, 4) is 5.88 Å². The Kier molecular flexibility index (Phi) is 6.62. The fraction of sp³-hybridized carbons (Fsp3) is 0.294. The van der Waals surface area contributed by atoms with Crippen LogP contribution in [-0.4, -0.2) is 50.5 Å². The van der Waals surface area contributed by atoms with Crippen LogP contribution < -0.4 is 10.1 Å². The van der Waals surface area contributed by atoms with Crippen LogP contribution in [0.15, 0.2) is 47.5 Å². The maximum Gasteiger partial charge on any atom is 0.422 e. The first kappa shape index (κ1) is 21.6. The number of alkyl halides is 3. The summed E-state index contributed by atoms with van der Waals surface area (Å²) in [5, 5.41) is 2.51. The van der Waals surface area contributed by atoms with Crippen LogP contribution in [0.1, 0.15) is 15.9 Å². The highest BCUT2D eigenvalue weighted by atomic mass is 32.2. The predicted octanol–water partition coefficient (Wildman–Crippen LogP) is 2.20. The number of benzene rings is 1. The van der Waals surface area contributed by atoms with Crippen LogP contribution in [-0.2, 0) is 16.6 Å². The molecule has 28 heavy (non-hydrogen) atoms. The van der Waals surface area contributed by atoms with Gasteiger partial charge in [0.05, 0.1) is 4.90 Å². The first-order valence-corrected chi connectivity index (χ1v) is 9.39. The molecule has 0 saturated carbocycles. The predicted molar refractivity (Wildman–Crippen MR) is 94.3 cm³/mol. The van der Waals surface area contributed by atoms with Gasteiger partial charge < -0.3 is 10.1 Å². The molecule has 0 aliphatic rings. The Morgan fingerprint density at radius 3 is 2.57 bits per heavy atom. The molecular formula is C17H18F3N3O4S. The molecule has 0 radical (unpaired) electrons. The van der Waals surface area contributed by atoms with E-state index in [1.54, 1.807) is 0 Å². The van der Waals surface area contributed by atoms with Crippen LogP contribution in [0, 0.1) is 0 Å². The van der Waals surface area contributed by atoms with E-state index in [9.17, 15) is 26.4 Å². The molecule has 0 bridgehead atoms. The van der Waals surface area contributed by atoms with Gasteiger partial charge in [-0.2, -0.15) is 13.2 Å². The van der Waals surface area contributed by atoms with Crippen molar-refractivity contribution in [1.29, 1.82) is 0 Å². The summed E-state index contributed by atoms with van der Waals surface area (Å²) in [5.74, 6) is -0.842. The number of rotatable bonds is 7. The van der Waals surface area contributed by atoms with E-state index >= 15 is 0 Å². The molecule has 1 aromatic heterocycles. The summed E-state index contributed by atoms with van der Waals surface area (Å²) >= 11 is 0. The molecule has 0 spiro atoms. The lowest BCUT2D eigenvalue weighted by molar-refractivity contribution is -0.154. The van der Waals surface area contributed by atoms with Gasteiger partial charge in [-0.05, 0) is 24.3 Å². The van der Waals surface area contributed by atoms with E-state index in [0.29, 0.717) is 0 Å².